The van der Waals surface area contributed by atoms with Crippen molar-refractivity contribution in [1.29, 1.82) is 0 Å². The van der Waals surface area contributed by atoms with E-state index in [1.54, 1.807) is 0 Å². The molecule has 1 aromatic carbocycles. The molecular weight excluding hydrogens is 314 g/mol. The van der Waals surface area contributed by atoms with E-state index < -0.39 is 0 Å². The van der Waals surface area contributed by atoms with Gasteiger partial charge in [-0.3, -0.25) is 9.48 Å². The summed E-state index contributed by atoms with van der Waals surface area (Å²) < 4.78 is 7.97. The molecule has 1 amide bonds. The Bertz CT molecular complexity index is 746. The zero-order chi connectivity index (χ0) is 18.2. The van der Waals surface area contributed by atoms with Crippen LogP contribution in [0.2, 0.25) is 0 Å². The molecule has 2 heterocycles. The summed E-state index contributed by atoms with van der Waals surface area (Å²) in [7, 11) is 0. The molecule has 0 aliphatic carbocycles. The van der Waals surface area contributed by atoms with Gasteiger partial charge in [-0.2, -0.15) is 5.10 Å². The standard InChI is InChI=1S/C20H27N3O2/c1-14-11-17(21-23(14)20(3,4)5)19(24)22-12-15(2)25-18(13-22)16-9-7-6-8-10-16/h6-11,15,18H,12-13H2,1-5H3/t15-,18-/m0/s1. The smallest absolute Gasteiger partial charge is 0.274 e. The second-order valence-corrected chi connectivity index (χ2v) is 7.81. The summed E-state index contributed by atoms with van der Waals surface area (Å²) in [5.41, 5.74) is 2.46. The van der Waals surface area contributed by atoms with Crippen LogP contribution in [-0.2, 0) is 10.3 Å². The summed E-state index contributed by atoms with van der Waals surface area (Å²) >= 11 is 0. The number of hydrogen-bond acceptors (Lipinski definition) is 3. The first-order valence-electron chi connectivity index (χ1n) is 8.82. The first kappa shape index (κ1) is 17.7. The summed E-state index contributed by atoms with van der Waals surface area (Å²) in [5, 5.41) is 4.56. The zero-order valence-corrected chi connectivity index (χ0v) is 15.7. The Kier molecular flexibility index (Phi) is 4.69. The van der Waals surface area contributed by atoms with E-state index in [1.807, 2.05) is 59.8 Å². The average Bonchev–Trinajstić information content (AvgIpc) is 2.96. The maximum absolute atomic E-state index is 13.0. The van der Waals surface area contributed by atoms with Crippen LogP contribution in [-0.4, -0.2) is 39.8 Å². The maximum atomic E-state index is 13.0. The lowest BCUT2D eigenvalue weighted by atomic mass is 10.1. The van der Waals surface area contributed by atoms with E-state index >= 15 is 0 Å². The van der Waals surface area contributed by atoms with Gasteiger partial charge in [0, 0.05) is 12.2 Å². The molecule has 1 aliphatic heterocycles. The molecule has 1 saturated heterocycles. The predicted molar refractivity (Wildman–Crippen MR) is 97.6 cm³/mol. The number of carbonyl (C=O) groups excluding carboxylic acids is 1. The van der Waals surface area contributed by atoms with E-state index in [0.717, 1.165) is 11.3 Å². The summed E-state index contributed by atoms with van der Waals surface area (Å²) in [5.74, 6) is -0.0258. The molecule has 2 atom stereocenters. The highest BCUT2D eigenvalue weighted by Gasteiger charge is 2.31. The van der Waals surface area contributed by atoms with Gasteiger partial charge >= 0.3 is 0 Å². The molecule has 1 fully saturated rings. The molecule has 2 aromatic rings. The number of aromatic nitrogens is 2. The van der Waals surface area contributed by atoms with Crippen LogP contribution in [0, 0.1) is 6.92 Å². The molecule has 5 heteroatoms. The Balaban J connectivity index is 1.82. The predicted octanol–water partition coefficient (Wildman–Crippen LogP) is 3.55. The molecule has 5 nitrogen and oxygen atoms in total. The van der Waals surface area contributed by atoms with Crippen LogP contribution in [0.4, 0.5) is 0 Å². The third-order valence-electron chi connectivity index (χ3n) is 4.46. The summed E-state index contributed by atoms with van der Waals surface area (Å²) in [6.45, 7) is 11.4. The Labute approximate surface area is 149 Å². The normalized spacial score (nSPS) is 21.4. The molecule has 0 radical (unpaired) electrons. The van der Waals surface area contributed by atoms with Crippen LogP contribution in [0.15, 0.2) is 36.4 Å². The molecule has 0 N–H and O–H groups in total. The number of amides is 1. The molecular formula is C20H27N3O2. The fraction of sp³-hybridized carbons (Fsp3) is 0.500. The molecule has 0 unspecified atom stereocenters. The molecule has 0 saturated carbocycles. The van der Waals surface area contributed by atoms with E-state index in [0.29, 0.717) is 18.8 Å². The van der Waals surface area contributed by atoms with Crippen LogP contribution >= 0.6 is 0 Å². The van der Waals surface area contributed by atoms with Gasteiger partial charge in [-0.05, 0) is 46.2 Å². The van der Waals surface area contributed by atoms with E-state index in [-0.39, 0.29) is 23.7 Å². The Morgan fingerprint density at radius 1 is 1.20 bits per heavy atom. The minimum Gasteiger partial charge on any atom is -0.367 e. The second-order valence-electron chi connectivity index (χ2n) is 7.81. The van der Waals surface area contributed by atoms with Gasteiger partial charge < -0.3 is 9.64 Å². The molecule has 0 bridgehead atoms. The van der Waals surface area contributed by atoms with Crippen molar-refractivity contribution >= 4 is 5.91 Å². The third kappa shape index (κ3) is 3.76. The lowest BCUT2D eigenvalue weighted by Gasteiger charge is -2.36. The van der Waals surface area contributed by atoms with Gasteiger partial charge in [0.05, 0.1) is 18.2 Å². The van der Waals surface area contributed by atoms with Gasteiger partial charge in [-0.1, -0.05) is 30.3 Å². The minimum atomic E-state index is -0.145. The number of rotatable bonds is 2. The highest BCUT2D eigenvalue weighted by atomic mass is 16.5. The van der Waals surface area contributed by atoms with Crippen molar-refractivity contribution in [1.82, 2.24) is 14.7 Å². The third-order valence-corrected chi connectivity index (χ3v) is 4.46. The van der Waals surface area contributed by atoms with Crippen molar-refractivity contribution in [3.63, 3.8) is 0 Å². The molecule has 3 rings (SSSR count). The van der Waals surface area contributed by atoms with E-state index in [2.05, 4.69) is 25.9 Å². The largest absolute Gasteiger partial charge is 0.367 e. The van der Waals surface area contributed by atoms with Gasteiger partial charge in [0.15, 0.2) is 5.69 Å². The van der Waals surface area contributed by atoms with Crippen LogP contribution in [0.3, 0.4) is 0 Å². The molecule has 1 aliphatic rings. The van der Waals surface area contributed by atoms with Crippen LogP contribution in [0.25, 0.3) is 0 Å². The number of benzene rings is 1. The van der Waals surface area contributed by atoms with Crippen LogP contribution < -0.4 is 0 Å². The van der Waals surface area contributed by atoms with Crippen LogP contribution in [0.5, 0.6) is 0 Å². The van der Waals surface area contributed by atoms with Gasteiger partial charge in [-0.25, -0.2) is 0 Å². The average molecular weight is 341 g/mol. The Morgan fingerprint density at radius 2 is 1.88 bits per heavy atom. The summed E-state index contributed by atoms with van der Waals surface area (Å²) in [6.07, 6.45) is -0.103. The van der Waals surface area contributed by atoms with Gasteiger partial charge in [0.1, 0.15) is 6.10 Å². The van der Waals surface area contributed by atoms with E-state index in [4.69, 9.17) is 4.74 Å². The topological polar surface area (TPSA) is 47.4 Å². The van der Waals surface area contributed by atoms with Crippen molar-refractivity contribution in [2.75, 3.05) is 13.1 Å². The Hall–Kier alpha value is -2.14. The lowest BCUT2D eigenvalue weighted by Crippen LogP contribution is -2.46. The molecule has 0 spiro atoms. The van der Waals surface area contributed by atoms with E-state index in [9.17, 15) is 4.79 Å². The van der Waals surface area contributed by atoms with Crippen molar-refractivity contribution < 1.29 is 9.53 Å². The van der Waals surface area contributed by atoms with Crippen LogP contribution in [0.1, 0.15) is 55.5 Å². The van der Waals surface area contributed by atoms with Crippen molar-refractivity contribution in [2.45, 2.75) is 52.4 Å². The number of aryl methyl sites for hydroxylation is 1. The number of hydrogen-bond donors (Lipinski definition) is 0. The number of morpholine rings is 1. The van der Waals surface area contributed by atoms with Gasteiger partial charge in [0.25, 0.3) is 5.91 Å². The molecule has 1 aromatic heterocycles. The summed E-state index contributed by atoms with van der Waals surface area (Å²) in [4.78, 5) is 14.9. The fourth-order valence-corrected chi connectivity index (χ4v) is 3.39. The van der Waals surface area contributed by atoms with Crippen molar-refractivity contribution in [2.24, 2.45) is 0 Å². The zero-order valence-electron chi connectivity index (χ0n) is 15.7. The molecule has 25 heavy (non-hydrogen) atoms. The maximum Gasteiger partial charge on any atom is 0.274 e. The first-order valence-corrected chi connectivity index (χ1v) is 8.82. The van der Waals surface area contributed by atoms with Crippen molar-refractivity contribution in [3.05, 3.63) is 53.3 Å². The lowest BCUT2D eigenvalue weighted by molar-refractivity contribution is -0.0693. The quantitative estimate of drug-likeness (QED) is 0.839. The van der Waals surface area contributed by atoms with Gasteiger partial charge in [-0.15, -0.1) is 0 Å². The number of nitrogens with zero attached hydrogens (tertiary/aromatic N) is 3. The Morgan fingerprint density at radius 3 is 2.48 bits per heavy atom. The minimum absolute atomic E-state index is 0.00583. The summed E-state index contributed by atoms with van der Waals surface area (Å²) in [6, 6.07) is 12.0. The van der Waals surface area contributed by atoms with Gasteiger partial charge in [0.2, 0.25) is 0 Å². The number of ether oxygens (including phenoxy) is 1. The van der Waals surface area contributed by atoms with E-state index in [1.165, 1.54) is 0 Å². The number of carbonyl (C=O) groups is 1. The fourth-order valence-electron chi connectivity index (χ4n) is 3.39. The second kappa shape index (κ2) is 6.64. The SMILES string of the molecule is Cc1cc(C(=O)N2C[C@@H](c3ccccc3)O[C@@H](C)C2)nn1C(C)(C)C. The van der Waals surface area contributed by atoms with Crippen molar-refractivity contribution in [3.8, 4) is 0 Å². The highest BCUT2D eigenvalue weighted by Crippen LogP contribution is 2.26. The first-order chi connectivity index (χ1) is 11.8. The monoisotopic (exact) mass is 341 g/mol. The molecule has 134 valence electrons. The highest BCUT2D eigenvalue weighted by molar-refractivity contribution is 5.92.